The summed E-state index contributed by atoms with van der Waals surface area (Å²) in [6.07, 6.45) is -0.316. The lowest BCUT2D eigenvalue weighted by Gasteiger charge is -2.10. The predicted molar refractivity (Wildman–Crippen MR) is 62.3 cm³/mol. The highest BCUT2D eigenvalue weighted by atomic mass is 16.6. The van der Waals surface area contributed by atoms with Crippen LogP contribution in [0.1, 0.15) is 10.4 Å². The van der Waals surface area contributed by atoms with Crippen LogP contribution in [0.15, 0.2) is 36.0 Å². The Morgan fingerprint density at radius 2 is 1.84 bits per heavy atom. The second kappa shape index (κ2) is 4.03. The molecule has 0 radical (unpaired) electrons. The van der Waals surface area contributed by atoms with Crippen LogP contribution in [0.2, 0.25) is 0 Å². The number of fused-ring (bicyclic) bond motifs is 1. The maximum Gasteiger partial charge on any atom is 0.255 e. The molecule has 96 valence electrons. The van der Waals surface area contributed by atoms with Gasteiger partial charge in [-0.1, -0.05) is 0 Å². The van der Waals surface area contributed by atoms with Crippen LogP contribution in [-0.4, -0.2) is 34.8 Å². The van der Waals surface area contributed by atoms with Crippen molar-refractivity contribution in [2.24, 2.45) is 0 Å². The molecule has 0 spiro atoms. The summed E-state index contributed by atoms with van der Waals surface area (Å²) in [5.74, 6) is -1.19. The first-order valence-corrected chi connectivity index (χ1v) is 5.62. The number of hydrogen-bond donors (Lipinski definition) is 2. The van der Waals surface area contributed by atoms with Gasteiger partial charge in [0.2, 0.25) is 5.78 Å². The van der Waals surface area contributed by atoms with E-state index in [1.165, 1.54) is 24.3 Å². The van der Waals surface area contributed by atoms with E-state index in [1.807, 2.05) is 0 Å². The number of phenols is 1. The summed E-state index contributed by atoms with van der Waals surface area (Å²) in [6.45, 7) is 0. The molecule has 2 aliphatic rings. The van der Waals surface area contributed by atoms with Crippen LogP contribution >= 0.6 is 0 Å². The van der Waals surface area contributed by atoms with Gasteiger partial charge >= 0.3 is 0 Å². The highest BCUT2D eigenvalue weighted by molar-refractivity contribution is 6.17. The molecule has 0 bridgehead atoms. The van der Waals surface area contributed by atoms with Gasteiger partial charge in [0.15, 0.2) is 18.0 Å². The van der Waals surface area contributed by atoms with Crippen molar-refractivity contribution in [3.05, 3.63) is 41.6 Å². The zero-order valence-electron chi connectivity index (χ0n) is 9.62. The molecule has 2 N–H and O–H groups in total. The van der Waals surface area contributed by atoms with Gasteiger partial charge in [0.25, 0.3) is 5.91 Å². The lowest BCUT2D eigenvalue weighted by atomic mass is 10.0. The Labute approximate surface area is 107 Å². The molecule has 19 heavy (non-hydrogen) atoms. The van der Waals surface area contributed by atoms with E-state index in [9.17, 15) is 14.4 Å². The summed E-state index contributed by atoms with van der Waals surface area (Å²) >= 11 is 0. The number of phenolic OH excluding ortho intramolecular Hbond substituents is 1. The van der Waals surface area contributed by atoms with Crippen molar-refractivity contribution < 1.29 is 24.2 Å². The third-order valence-corrected chi connectivity index (χ3v) is 2.96. The zero-order chi connectivity index (χ0) is 13.6. The molecule has 3 rings (SSSR count). The minimum atomic E-state index is -0.743. The largest absolute Gasteiger partial charge is 0.508 e. The third-order valence-electron chi connectivity index (χ3n) is 2.96. The molecule has 1 aromatic carbocycles. The van der Waals surface area contributed by atoms with Gasteiger partial charge in [-0.15, -0.1) is 0 Å². The number of hydrogen-bond acceptors (Lipinski definition) is 5. The highest BCUT2D eigenvalue weighted by Crippen LogP contribution is 2.30. The van der Waals surface area contributed by atoms with Crippen LogP contribution < -0.4 is 5.32 Å². The van der Waals surface area contributed by atoms with E-state index in [4.69, 9.17) is 9.84 Å². The number of amides is 1. The maximum absolute atomic E-state index is 11.9. The molecular formula is C13H9NO5. The average Bonchev–Trinajstić information content (AvgIpc) is 3.17. The van der Waals surface area contributed by atoms with Crippen molar-refractivity contribution in [3.8, 4) is 5.75 Å². The SMILES string of the molecule is O=C(NC1=CC(=O)C2OC2C1=O)c1ccc(O)cc1. The van der Waals surface area contributed by atoms with Crippen molar-refractivity contribution in [1.29, 1.82) is 0 Å². The van der Waals surface area contributed by atoms with E-state index in [0.717, 1.165) is 6.08 Å². The second-order valence-corrected chi connectivity index (χ2v) is 4.30. The van der Waals surface area contributed by atoms with Crippen LogP contribution in [0.25, 0.3) is 0 Å². The summed E-state index contributed by atoms with van der Waals surface area (Å²) < 4.78 is 4.90. The average molecular weight is 259 g/mol. The highest BCUT2D eigenvalue weighted by Gasteiger charge is 2.53. The molecule has 6 nitrogen and oxygen atoms in total. The monoisotopic (exact) mass is 259 g/mol. The van der Waals surface area contributed by atoms with Crippen LogP contribution in [-0.2, 0) is 14.3 Å². The van der Waals surface area contributed by atoms with Crippen molar-refractivity contribution in [2.45, 2.75) is 12.2 Å². The first-order valence-electron chi connectivity index (χ1n) is 5.62. The van der Waals surface area contributed by atoms with Gasteiger partial charge in [-0.2, -0.15) is 0 Å². The third kappa shape index (κ3) is 2.02. The summed E-state index contributed by atoms with van der Waals surface area (Å²) in [4.78, 5) is 35.0. The fourth-order valence-corrected chi connectivity index (χ4v) is 1.88. The minimum Gasteiger partial charge on any atom is -0.508 e. The molecule has 1 aliphatic heterocycles. The molecule has 0 aromatic heterocycles. The number of rotatable bonds is 2. The van der Waals surface area contributed by atoms with Gasteiger partial charge < -0.3 is 15.2 Å². The second-order valence-electron chi connectivity index (χ2n) is 4.30. The van der Waals surface area contributed by atoms with E-state index < -0.39 is 23.9 Å². The molecule has 1 aliphatic carbocycles. The Hall–Kier alpha value is -2.47. The lowest BCUT2D eigenvalue weighted by molar-refractivity contribution is -0.119. The van der Waals surface area contributed by atoms with Crippen molar-refractivity contribution >= 4 is 17.5 Å². The molecule has 1 heterocycles. The van der Waals surface area contributed by atoms with E-state index in [1.54, 1.807) is 0 Å². The number of carbonyl (C=O) groups excluding carboxylic acids is 3. The number of nitrogens with one attached hydrogen (secondary N) is 1. The normalized spacial score (nSPS) is 24.5. The van der Waals surface area contributed by atoms with Gasteiger partial charge in [0.05, 0.1) is 5.70 Å². The van der Waals surface area contributed by atoms with Crippen LogP contribution in [0.5, 0.6) is 5.75 Å². The van der Waals surface area contributed by atoms with E-state index >= 15 is 0 Å². The molecule has 2 atom stereocenters. The number of aromatic hydroxyl groups is 1. The first-order chi connectivity index (χ1) is 9.06. The topological polar surface area (TPSA) is 96.0 Å². The fourth-order valence-electron chi connectivity index (χ4n) is 1.88. The van der Waals surface area contributed by atoms with E-state index in [-0.39, 0.29) is 22.8 Å². The van der Waals surface area contributed by atoms with E-state index in [0.29, 0.717) is 0 Å². The zero-order valence-corrected chi connectivity index (χ0v) is 9.62. The van der Waals surface area contributed by atoms with Crippen molar-refractivity contribution in [2.75, 3.05) is 0 Å². The number of ether oxygens (including phenoxy) is 1. The van der Waals surface area contributed by atoms with Gasteiger partial charge in [0.1, 0.15) is 5.75 Å². The van der Waals surface area contributed by atoms with Crippen molar-refractivity contribution in [1.82, 2.24) is 5.32 Å². The lowest BCUT2D eigenvalue weighted by Crippen LogP contribution is -2.34. The van der Waals surface area contributed by atoms with Crippen LogP contribution in [0.3, 0.4) is 0 Å². The Balaban J connectivity index is 1.78. The summed E-state index contributed by atoms with van der Waals surface area (Å²) in [6, 6.07) is 5.54. The number of epoxide rings is 1. The van der Waals surface area contributed by atoms with Gasteiger partial charge in [-0.05, 0) is 24.3 Å². The molecule has 1 aromatic rings. The first kappa shape index (κ1) is 11.6. The minimum absolute atomic E-state index is 0.0360. The molecule has 0 saturated carbocycles. The van der Waals surface area contributed by atoms with E-state index in [2.05, 4.69) is 5.32 Å². The maximum atomic E-state index is 11.9. The Bertz CT molecular complexity index is 616. The van der Waals surface area contributed by atoms with Gasteiger partial charge in [-0.25, -0.2) is 0 Å². The van der Waals surface area contributed by atoms with Crippen molar-refractivity contribution in [3.63, 3.8) is 0 Å². The van der Waals surface area contributed by atoms with Crippen LogP contribution in [0, 0.1) is 0 Å². The predicted octanol–water partition coefficient (Wildman–Crippen LogP) is -0.0749. The van der Waals surface area contributed by atoms with Gasteiger partial charge in [0, 0.05) is 11.6 Å². The molecule has 2 unspecified atom stereocenters. The number of ketones is 2. The summed E-state index contributed by atoms with van der Waals surface area (Å²) in [5.41, 5.74) is 0.222. The Morgan fingerprint density at radius 3 is 2.53 bits per heavy atom. The Morgan fingerprint density at radius 1 is 1.16 bits per heavy atom. The number of carbonyl (C=O) groups is 3. The summed E-state index contributed by atoms with van der Waals surface area (Å²) in [7, 11) is 0. The number of Topliss-reactive ketones (excluding diaryl/α,β-unsaturated/α-hetero) is 1. The molecule has 1 fully saturated rings. The molecular weight excluding hydrogens is 250 g/mol. The summed E-state index contributed by atoms with van der Waals surface area (Å²) in [5, 5.41) is 11.5. The standard InChI is InChI=1S/C13H9NO5/c15-7-3-1-6(2-4-7)13(18)14-8-5-9(16)11-12(19-11)10(8)17/h1-5,11-12,15H,(H,14,18). The molecule has 1 saturated heterocycles. The number of benzene rings is 1. The Kier molecular flexibility index (Phi) is 2.46. The molecule has 6 heteroatoms. The van der Waals surface area contributed by atoms with Gasteiger partial charge in [-0.3, -0.25) is 14.4 Å². The smallest absolute Gasteiger partial charge is 0.255 e. The quantitative estimate of drug-likeness (QED) is 0.724. The van der Waals surface area contributed by atoms with Crippen LogP contribution in [0.4, 0.5) is 0 Å². The fraction of sp³-hybridized carbons (Fsp3) is 0.154. The molecule has 1 amide bonds.